The zero-order valence-corrected chi connectivity index (χ0v) is 17.6. The van der Waals surface area contributed by atoms with E-state index in [4.69, 9.17) is 0 Å². The summed E-state index contributed by atoms with van der Waals surface area (Å²) < 4.78 is 3.48. The van der Waals surface area contributed by atoms with E-state index in [2.05, 4.69) is 15.5 Å². The number of carbonyl (C=O) groups excluding carboxylic acids is 1. The molecule has 1 amide bonds. The van der Waals surface area contributed by atoms with Crippen LogP contribution in [0.5, 0.6) is 0 Å². The van der Waals surface area contributed by atoms with Gasteiger partial charge in [-0.2, -0.15) is 0 Å². The lowest BCUT2D eigenvalue weighted by Crippen LogP contribution is -2.27. The van der Waals surface area contributed by atoms with Crippen molar-refractivity contribution in [2.45, 2.75) is 37.9 Å². The third kappa shape index (κ3) is 3.27. The summed E-state index contributed by atoms with van der Waals surface area (Å²) in [4.78, 5) is 25.6. The van der Waals surface area contributed by atoms with Gasteiger partial charge in [-0.05, 0) is 50.5 Å². The molecule has 30 heavy (non-hydrogen) atoms. The second-order valence-electron chi connectivity index (χ2n) is 7.70. The molecule has 0 atom stereocenters. The normalized spacial score (nSPS) is 13.8. The largest absolute Gasteiger partial charge is 0.353 e. The van der Waals surface area contributed by atoms with Gasteiger partial charge in [0.15, 0.2) is 5.16 Å². The minimum atomic E-state index is -0.138. The van der Waals surface area contributed by atoms with Crippen LogP contribution in [0.2, 0.25) is 0 Å². The number of para-hydroxylation sites is 1. The Labute approximate surface area is 177 Å². The van der Waals surface area contributed by atoms with Gasteiger partial charge in [-0.3, -0.25) is 14.0 Å². The number of aryl methyl sites for hydroxylation is 2. The van der Waals surface area contributed by atoms with E-state index in [-0.39, 0.29) is 17.2 Å². The van der Waals surface area contributed by atoms with Crippen LogP contribution in [0.25, 0.3) is 22.4 Å². The highest BCUT2D eigenvalue weighted by Crippen LogP contribution is 2.25. The topological polar surface area (TPSA) is 81.3 Å². The predicted octanol–water partition coefficient (Wildman–Crippen LogP) is 3.02. The fraction of sp³-hybridized carbons (Fsp3) is 0.273. The maximum atomic E-state index is 13.4. The van der Waals surface area contributed by atoms with Gasteiger partial charge in [0.05, 0.1) is 22.3 Å². The highest BCUT2D eigenvalue weighted by molar-refractivity contribution is 7.99. The molecule has 1 aliphatic carbocycles. The van der Waals surface area contributed by atoms with Crippen molar-refractivity contribution < 1.29 is 4.79 Å². The standard InChI is InChI=1S/C22H21N5O2S/c1-13-7-10-17(14(2)11-13)26-20(29)16-5-3-4-6-18(16)27-21(26)24-25-22(27)30-12-19(28)23-15-8-9-15/h3-7,10-11,15H,8-9,12H2,1-2H3,(H,23,28). The molecule has 2 aromatic heterocycles. The number of nitrogens with one attached hydrogen (secondary N) is 1. The molecule has 1 aliphatic rings. The van der Waals surface area contributed by atoms with Crippen LogP contribution in [-0.2, 0) is 4.79 Å². The van der Waals surface area contributed by atoms with Crippen LogP contribution in [0.4, 0.5) is 0 Å². The van der Waals surface area contributed by atoms with Gasteiger partial charge in [0.25, 0.3) is 5.56 Å². The van der Waals surface area contributed by atoms with Crippen LogP contribution in [0.3, 0.4) is 0 Å². The molecular weight excluding hydrogens is 398 g/mol. The number of thioether (sulfide) groups is 1. The number of nitrogens with zero attached hydrogens (tertiary/aromatic N) is 4. The minimum absolute atomic E-state index is 0.00810. The summed E-state index contributed by atoms with van der Waals surface area (Å²) in [6, 6.07) is 13.7. The summed E-state index contributed by atoms with van der Waals surface area (Å²) in [6.45, 7) is 4.00. The Kier molecular flexibility index (Phi) is 4.58. The summed E-state index contributed by atoms with van der Waals surface area (Å²) in [6.07, 6.45) is 2.11. The van der Waals surface area contributed by atoms with Crippen molar-refractivity contribution in [2.75, 3.05) is 5.75 Å². The van der Waals surface area contributed by atoms with Crippen molar-refractivity contribution in [3.63, 3.8) is 0 Å². The average Bonchev–Trinajstić information content (AvgIpc) is 3.44. The number of rotatable bonds is 5. The molecule has 7 nitrogen and oxygen atoms in total. The molecule has 2 aromatic carbocycles. The Morgan fingerprint density at radius 2 is 1.97 bits per heavy atom. The van der Waals surface area contributed by atoms with Crippen LogP contribution in [0.15, 0.2) is 52.4 Å². The second-order valence-corrected chi connectivity index (χ2v) is 8.64. The molecular formula is C22H21N5O2S. The lowest BCUT2D eigenvalue weighted by molar-refractivity contribution is -0.118. The van der Waals surface area contributed by atoms with Crippen LogP contribution in [0, 0.1) is 13.8 Å². The van der Waals surface area contributed by atoms with Gasteiger partial charge >= 0.3 is 0 Å². The first kappa shape index (κ1) is 18.9. The van der Waals surface area contributed by atoms with Crippen molar-refractivity contribution in [1.82, 2.24) is 24.5 Å². The number of hydrogen-bond donors (Lipinski definition) is 1. The zero-order valence-electron chi connectivity index (χ0n) is 16.8. The molecule has 2 heterocycles. The molecule has 152 valence electrons. The van der Waals surface area contributed by atoms with Crippen molar-refractivity contribution in [1.29, 1.82) is 0 Å². The lowest BCUT2D eigenvalue weighted by Gasteiger charge is -2.13. The fourth-order valence-corrected chi connectivity index (χ4v) is 4.42. The highest BCUT2D eigenvalue weighted by atomic mass is 32.2. The molecule has 0 radical (unpaired) electrons. The molecule has 0 unspecified atom stereocenters. The van der Waals surface area contributed by atoms with E-state index in [9.17, 15) is 9.59 Å². The van der Waals surface area contributed by atoms with Crippen LogP contribution in [-0.4, -0.2) is 36.9 Å². The van der Waals surface area contributed by atoms with Gasteiger partial charge in [0.1, 0.15) is 0 Å². The van der Waals surface area contributed by atoms with Gasteiger partial charge in [-0.25, -0.2) is 4.57 Å². The van der Waals surface area contributed by atoms with Crippen LogP contribution >= 0.6 is 11.8 Å². The third-order valence-corrected chi connectivity index (χ3v) is 6.19. The van der Waals surface area contributed by atoms with E-state index < -0.39 is 0 Å². The highest BCUT2D eigenvalue weighted by Gasteiger charge is 2.24. The molecule has 0 spiro atoms. The number of aromatic nitrogens is 4. The second kappa shape index (κ2) is 7.28. The van der Waals surface area contributed by atoms with Crippen molar-refractivity contribution >= 4 is 34.3 Å². The van der Waals surface area contributed by atoms with E-state index in [1.807, 2.05) is 60.7 Å². The maximum absolute atomic E-state index is 13.4. The zero-order chi connectivity index (χ0) is 20.8. The third-order valence-electron chi connectivity index (χ3n) is 5.26. The molecule has 5 rings (SSSR count). The Hall–Kier alpha value is -3.13. The molecule has 0 bridgehead atoms. The molecule has 0 aliphatic heterocycles. The molecule has 0 saturated heterocycles. The number of benzene rings is 2. The first-order valence-corrected chi connectivity index (χ1v) is 10.9. The van der Waals surface area contributed by atoms with Crippen molar-refractivity contribution in [2.24, 2.45) is 0 Å². The summed E-state index contributed by atoms with van der Waals surface area (Å²) >= 11 is 1.33. The Morgan fingerprint density at radius 3 is 2.73 bits per heavy atom. The first-order valence-electron chi connectivity index (χ1n) is 9.91. The van der Waals surface area contributed by atoms with Gasteiger partial charge in [-0.15, -0.1) is 10.2 Å². The molecule has 8 heteroatoms. The van der Waals surface area contributed by atoms with Gasteiger partial charge in [-0.1, -0.05) is 41.6 Å². The number of fused-ring (bicyclic) bond motifs is 3. The maximum Gasteiger partial charge on any atom is 0.267 e. The average molecular weight is 420 g/mol. The summed E-state index contributed by atoms with van der Waals surface area (Å²) in [5, 5.41) is 12.8. The molecule has 1 N–H and O–H groups in total. The fourth-order valence-electron chi connectivity index (χ4n) is 3.67. The van der Waals surface area contributed by atoms with Crippen molar-refractivity contribution in [3.8, 4) is 5.69 Å². The van der Waals surface area contributed by atoms with Crippen LogP contribution < -0.4 is 10.9 Å². The smallest absolute Gasteiger partial charge is 0.267 e. The number of carbonyl (C=O) groups is 1. The predicted molar refractivity (Wildman–Crippen MR) is 117 cm³/mol. The van der Waals surface area contributed by atoms with E-state index in [0.29, 0.717) is 22.4 Å². The van der Waals surface area contributed by atoms with E-state index in [0.717, 1.165) is 35.2 Å². The van der Waals surface area contributed by atoms with E-state index in [1.54, 1.807) is 4.57 Å². The molecule has 1 fully saturated rings. The quantitative estimate of drug-likeness (QED) is 0.503. The lowest BCUT2D eigenvalue weighted by atomic mass is 10.1. The summed E-state index contributed by atoms with van der Waals surface area (Å²) in [5.41, 5.74) is 3.47. The molecule has 4 aromatic rings. The Bertz CT molecular complexity index is 1350. The molecule has 1 saturated carbocycles. The Morgan fingerprint density at radius 1 is 1.17 bits per heavy atom. The summed E-state index contributed by atoms with van der Waals surface area (Å²) in [5.74, 6) is 0.691. The minimum Gasteiger partial charge on any atom is -0.353 e. The summed E-state index contributed by atoms with van der Waals surface area (Å²) in [7, 11) is 0. The number of amides is 1. The van der Waals surface area contributed by atoms with Crippen molar-refractivity contribution in [3.05, 3.63) is 63.9 Å². The SMILES string of the molecule is Cc1ccc(-n2c(=O)c3ccccc3n3c(SCC(=O)NC4CC4)nnc23)c(C)c1. The van der Waals surface area contributed by atoms with E-state index in [1.165, 1.54) is 11.8 Å². The van der Waals surface area contributed by atoms with Gasteiger partial charge < -0.3 is 5.32 Å². The van der Waals surface area contributed by atoms with Crippen LogP contribution in [0.1, 0.15) is 24.0 Å². The number of hydrogen-bond acceptors (Lipinski definition) is 5. The van der Waals surface area contributed by atoms with E-state index >= 15 is 0 Å². The van der Waals surface area contributed by atoms with Gasteiger partial charge in [0.2, 0.25) is 11.7 Å². The first-order chi connectivity index (χ1) is 14.5. The Balaban J connectivity index is 1.68. The van der Waals surface area contributed by atoms with Gasteiger partial charge in [0, 0.05) is 6.04 Å². The monoisotopic (exact) mass is 419 g/mol.